The number of aromatic nitrogens is 3. The number of halogens is 1. The molecule has 0 N–H and O–H groups in total. The van der Waals surface area contributed by atoms with Crippen LogP contribution in [0.15, 0.2) is 66.2 Å². The Labute approximate surface area is 227 Å². The molecule has 0 spiro atoms. The van der Waals surface area contributed by atoms with Gasteiger partial charge in [-0.15, -0.1) is 0 Å². The molecule has 0 fully saturated rings. The molecule has 2 unspecified atom stereocenters. The Hall–Kier alpha value is -4.24. The zero-order chi connectivity index (χ0) is 27.5. The molecule has 5 nitrogen and oxygen atoms in total. The van der Waals surface area contributed by atoms with Gasteiger partial charge < -0.3 is 0 Å². The van der Waals surface area contributed by atoms with Gasteiger partial charge in [0.05, 0.1) is 22.5 Å². The van der Waals surface area contributed by atoms with Gasteiger partial charge in [0.25, 0.3) is 0 Å². The maximum Gasteiger partial charge on any atom is 0.176 e. The van der Waals surface area contributed by atoms with Crippen LogP contribution in [0.3, 0.4) is 0 Å². The van der Waals surface area contributed by atoms with Gasteiger partial charge in [-0.25, -0.2) is 14.4 Å². The highest BCUT2D eigenvalue weighted by molar-refractivity contribution is 6.02. The number of rotatable bonds is 3. The average Bonchev–Trinajstić information content (AvgIpc) is 2.94. The Morgan fingerprint density at radius 1 is 1.05 bits per heavy atom. The standard InChI is InChI=1S/C33H29FN4O/c1-18(2)28-15-24(21-9-6-8-12-27(21)36-28)32-37-29(22-10-5-7-11-26(22)34)23-13-14-25-19(3)30(39)20(17-35)16-33(25,4)31(23)38-32/h5-12,15-16,18-19,25H,13-14H2,1-4H3/t19?,25?,33-/m1/s1. The maximum absolute atomic E-state index is 15.3. The molecule has 2 aliphatic rings. The second kappa shape index (κ2) is 9.20. The van der Waals surface area contributed by atoms with E-state index in [1.165, 1.54) is 6.07 Å². The first kappa shape index (κ1) is 25.1. The van der Waals surface area contributed by atoms with Crippen molar-refractivity contribution >= 4 is 16.7 Å². The van der Waals surface area contributed by atoms with Crippen molar-refractivity contribution in [1.29, 1.82) is 5.26 Å². The summed E-state index contributed by atoms with van der Waals surface area (Å²) in [5, 5.41) is 10.7. The van der Waals surface area contributed by atoms with Crippen LogP contribution in [0.2, 0.25) is 0 Å². The van der Waals surface area contributed by atoms with Gasteiger partial charge in [0.15, 0.2) is 11.6 Å². The minimum atomic E-state index is -0.673. The van der Waals surface area contributed by atoms with Crippen molar-refractivity contribution in [3.63, 3.8) is 0 Å². The Kier molecular flexibility index (Phi) is 5.91. The predicted molar refractivity (Wildman–Crippen MR) is 149 cm³/mol. The lowest BCUT2D eigenvalue weighted by Gasteiger charge is -2.45. The fourth-order valence-electron chi connectivity index (χ4n) is 6.45. The number of hydrogen-bond acceptors (Lipinski definition) is 5. The third kappa shape index (κ3) is 3.87. The molecule has 194 valence electrons. The fourth-order valence-corrected chi connectivity index (χ4v) is 6.45. The number of para-hydroxylation sites is 1. The topological polar surface area (TPSA) is 79.5 Å². The molecule has 2 aliphatic carbocycles. The van der Waals surface area contributed by atoms with Crippen LogP contribution in [0.5, 0.6) is 0 Å². The number of pyridine rings is 1. The van der Waals surface area contributed by atoms with E-state index >= 15 is 4.39 Å². The second-order valence-electron chi connectivity index (χ2n) is 11.2. The molecule has 0 bridgehead atoms. The first-order valence-electron chi connectivity index (χ1n) is 13.5. The van der Waals surface area contributed by atoms with Crippen LogP contribution in [0.25, 0.3) is 33.5 Å². The first-order valence-corrected chi connectivity index (χ1v) is 13.5. The minimum absolute atomic E-state index is 0.0220. The molecular formula is C33H29FN4O. The molecule has 0 aliphatic heterocycles. The number of benzene rings is 2. The molecule has 0 radical (unpaired) electrons. The lowest BCUT2D eigenvalue weighted by Crippen LogP contribution is -2.46. The number of carbonyl (C=O) groups excluding carboxylic acids is 1. The summed E-state index contributed by atoms with van der Waals surface area (Å²) in [5.74, 6) is -0.122. The quantitative estimate of drug-likeness (QED) is 0.290. The summed E-state index contributed by atoms with van der Waals surface area (Å²) in [6.07, 6.45) is 3.15. The lowest BCUT2D eigenvalue weighted by molar-refractivity contribution is -0.121. The van der Waals surface area contributed by atoms with Crippen LogP contribution in [0, 0.1) is 29.0 Å². The molecule has 4 aromatic rings. The summed E-state index contributed by atoms with van der Waals surface area (Å²) in [5.41, 5.74) is 4.72. The molecule has 0 amide bonds. The Balaban J connectivity index is 1.71. The second-order valence-corrected chi connectivity index (χ2v) is 11.2. The Morgan fingerprint density at radius 2 is 1.79 bits per heavy atom. The van der Waals surface area contributed by atoms with Crippen LogP contribution in [-0.4, -0.2) is 20.7 Å². The third-order valence-electron chi connectivity index (χ3n) is 8.54. The third-order valence-corrected chi connectivity index (χ3v) is 8.54. The molecule has 6 heteroatoms. The Morgan fingerprint density at radius 3 is 2.54 bits per heavy atom. The van der Waals surface area contributed by atoms with Gasteiger partial charge in [0, 0.05) is 39.1 Å². The highest BCUT2D eigenvalue weighted by atomic mass is 19.1. The summed E-state index contributed by atoms with van der Waals surface area (Å²) in [6.45, 7) is 8.16. The number of fused-ring (bicyclic) bond motifs is 4. The van der Waals surface area contributed by atoms with Crippen molar-refractivity contribution in [2.24, 2.45) is 11.8 Å². The van der Waals surface area contributed by atoms with Gasteiger partial charge in [-0.1, -0.05) is 64.1 Å². The molecule has 0 saturated carbocycles. The minimum Gasteiger partial charge on any atom is -0.293 e. The van der Waals surface area contributed by atoms with Crippen LogP contribution in [0.1, 0.15) is 57.0 Å². The van der Waals surface area contributed by atoms with E-state index in [-0.39, 0.29) is 34.9 Å². The van der Waals surface area contributed by atoms with E-state index in [2.05, 4.69) is 26.8 Å². The molecular weight excluding hydrogens is 487 g/mol. The molecule has 2 aromatic heterocycles. The van der Waals surface area contributed by atoms with E-state index in [1.54, 1.807) is 18.2 Å². The number of nitriles is 1. The van der Waals surface area contributed by atoms with Crippen LogP contribution in [-0.2, 0) is 16.6 Å². The zero-order valence-corrected chi connectivity index (χ0v) is 22.5. The first-order chi connectivity index (χ1) is 18.7. The van der Waals surface area contributed by atoms with Gasteiger partial charge >= 0.3 is 0 Å². The van der Waals surface area contributed by atoms with Crippen molar-refractivity contribution in [3.8, 4) is 28.7 Å². The summed E-state index contributed by atoms with van der Waals surface area (Å²) in [4.78, 5) is 28.1. The predicted octanol–water partition coefficient (Wildman–Crippen LogP) is 7.11. The molecule has 6 rings (SSSR count). The fraction of sp³-hybridized carbons (Fsp3) is 0.303. The van der Waals surface area contributed by atoms with Crippen molar-refractivity contribution < 1.29 is 9.18 Å². The van der Waals surface area contributed by atoms with E-state index in [0.29, 0.717) is 23.5 Å². The summed E-state index contributed by atoms with van der Waals surface area (Å²) in [7, 11) is 0. The SMILES string of the molecule is CC(C)c1cc(-c2nc(-c3ccccc3F)c3c(n2)[C@]2(C)C=C(C#N)C(=O)C(C)C2CC3)c2ccccc2n1. The molecule has 39 heavy (non-hydrogen) atoms. The number of carbonyl (C=O) groups is 1. The summed E-state index contributed by atoms with van der Waals surface area (Å²) in [6, 6.07) is 18.8. The lowest BCUT2D eigenvalue weighted by atomic mass is 9.57. The van der Waals surface area contributed by atoms with Crippen molar-refractivity contribution in [1.82, 2.24) is 15.0 Å². The van der Waals surface area contributed by atoms with Crippen molar-refractivity contribution in [3.05, 3.63) is 89.0 Å². The number of ketones is 1. The highest BCUT2D eigenvalue weighted by Gasteiger charge is 2.49. The van der Waals surface area contributed by atoms with Gasteiger partial charge in [-0.3, -0.25) is 9.78 Å². The zero-order valence-electron chi connectivity index (χ0n) is 22.5. The molecule has 2 heterocycles. The van der Waals surface area contributed by atoms with E-state index in [0.717, 1.165) is 39.8 Å². The van der Waals surface area contributed by atoms with Gasteiger partial charge in [0.2, 0.25) is 0 Å². The average molecular weight is 517 g/mol. The maximum atomic E-state index is 15.3. The van der Waals surface area contributed by atoms with Crippen LogP contribution >= 0.6 is 0 Å². The number of hydrogen-bond donors (Lipinski definition) is 0. The highest BCUT2D eigenvalue weighted by Crippen LogP contribution is 2.51. The van der Waals surface area contributed by atoms with E-state index < -0.39 is 5.41 Å². The molecule has 2 aromatic carbocycles. The summed E-state index contributed by atoms with van der Waals surface area (Å²) >= 11 is 0. The van der Waals surface area contributed by atoms with Gasteiger partial charge in [-0.2, -0.15) is 5.26 Å². The normalized spacial score (nSPS) is 22.3. The van der Waals surface area contributed by atoms with E-state index in [1.807, 2.05) is 43.3 Å². The van der Waals surface area contributed by atoms with E-state index in [4.69, 9.17) is 15.0 Å². The van der Waals surface area contributed by atoms with E-state index in [9.17, 15) is 10.1 Å². The van der Waals surface area contributed by atoms with Gasteiger partial charge in [0.1, 0.15) is 11.9 Å². The number of allylic oxidation sites excluding steroid dienone is 2. The van der Waals surface area contributed by atoms with Crippen molar-refractivity contribution in [2.45, 2.75) is 51.9 Å². The largest absolute Gasteiger partial charge is 0.293 e. The smallest absolute Gasteiger partial charge is 0.176 e. The van der Waals surface area contributed by atoms with Crippen LogP contribution in [0.4, 0.5) is 4.39 Å². The molecule has 3 atom stereocenters. The number of nitrogens with zero attached hydrogens (tertiary/aromatic N) is 4. The molecule has 0 saturated heterocycles. The number of Topliss-reactive ketones (excluding diaryl/α,β-unsaturated/α-hetero) is 1. The monoisotopic (exact) mass is 516 g/mol. The summed E-state index contributed by atoms with van der Waals surface area (Å²) < 4.78 is 15.3. The van der Waals surface area contributed by atoms with Gasteiger partial charge in [-0.05, 0) is 48.9 Å². The Bertz CT molecular complexity index is 1730. The van der Waals surface area contributed by atoms with Crippen molar-refractivity contribution in [2.75, 3.05) is 0 Å². The van der Waals surface area contributed by atoms with Crippen LogP contribution < -0.4 is 0 Å².